The van der Waals surface area contributed by atoms with Gasteiger partial charge in [0, 0.05) is 0 Å². The fourth-order valence-corrected chi connectivity index (χ4v) is 4.32. The van der Waals surface area contributed by atoms with Gasteiger partial charge in [-0.05, 0) is 61.1 Å². The molecule has 238 valence electrons. The maximum atomic E-state index is 12.1. The SMILES string of the molecule is CC(C)COC(=O)c1ccc(COC[C@@H](O)[C@H]2OC(C)(C)O[C@@H]2[C@H](O)COCc2ccc(C(=O)OCC(C)C)cc2)cc1. The van der Waals surface area contributed by atoms with Gasteiger partial charge in [0.25, 0.3) is 0 Å². The summed E-state index contributed by atoms with van der Waals surface area (Å²) in [5, 5.41) is 21.7. The third-order valence-electron chi connectivity index (χ3n) is 6.51. The van der Waals surface area contributed by atoms with Gasteiger partial charge in [0.2, 0.25) is 0 Å². The minimum atomic E-state index is -1.07. The van der Waals surface area contributed by atoms with Crippen molar-refractivity contribution in [2.75, 3.05) is 26.4 Å². The van der Waals surface area contributed by atoms with Gasteiger partial charge in [-0.2, -0.15) is 0 Å². The number of carbonyl (C=O) groups is 2. The van der Waals surface area contributed by atoms with Crippen LogP contribution in [0.2, 0.25) is 0 Å². The Kier molecular flexibility index (Phi) is 13.1. The van der Waals surface area contributed by atoms with E-state index in [-0.39, 0.29) is 50.2 Å². The van der Waals surface area contributed by atoms with Crippen molar-refractivity contribution in [1.82, 2.24) is 0 Å². The van der Waals surface area contributed by atoms with Crippen LogP contribution in [0.3, 0.4) is 0 Å². The van der Waals surface area contributed by atoms with E-state index in [1.807, 2.05) is 27.7 Å². The van der Waals surface area contributed by atoms with Gasteiger partial charge in [-0.25, -0.2) is 9.59 Å². The molecule has 0 unspecified atom stereocenters. The third-order valence-corrected chi connectivity index (χ3v) is 6.51. The number of ether oxygens (including phenoxy) is 6. The number of rotatable bonds is 16. The number of carbonyl (C=O) groups excluding carboxylic acids is 2. The van der Waals surface area contributed by atoms with Crippen molar-refractivity contribution < 1.29 is 48.2 Å². The van der Waals surface area contributed by atoms with Crippen LogP contribution >= 0.6 is 0 Å². The molecule has 43 heavy (non-hydrogen) atoms. The average molecular weight is 603 g/mol. The topological polar surface area (TPSA) is 130 Å². The molecule has 2 N–H and O–H groups in total. The molecule has 2 aromatic rings. The predicted molar refractivity (Wildman–Crippen MR) is 158 cm³/mol. The summed E-state index contributed by atoms with van der Waals surface area (Å²) in [6, 6.07) is 13.8. The van der Waals surface area contributed by atoms with Crippen LogP contribution in [0.15, 0.2) is 48.5 Å². The van der Waals surface area contributed by atoms with Gasteiger partial charge in [-0.3, -0.25) is 0 Å². The van der Waals surface area contributed by atoms with Crippen LogP contribution in [0.25, 0.3) is 0 Å². The molecular weight excluding hydrogens is 556 g/mol. The van der Waals surface area contributed by atoms with Crippen LogP contribution in [0.5, 0.6) is 0 Å². The Morgan fingerprint density at radius 1 is 0.674 bits per heavy atom. The van der Waals surface area contributed by atoms with Gasteiger partial charge >= 0.3 is 11.9 Å². The first-order chi connectivity index (χ1) is 20.3. The Bertz CT molecular complexity index is 1050. The van der Waals surface area contributed by atoms with E-state index in [0.717, 1.165) is 11.1 Å². The lowest BCUT2D eigenvalue weighted by Crippen LogP contribution is -2.45. The summed E-state index contributed by atoms with van der Waals surface area (Å²) >= 11 is 0. The van der Waals surface area contributed by atoms with E-state index in [1.54, 1.807) is 62.4 Å². The van der Waals surface area contributed by atoms with Crippen LogP contribution < -0.4 is 0 Å². The summed E-state index contributed by atoms with van der Waals surface area (Å²) in [5.41, 5.74) is 2.56. The summed E-state index contributed by atoms with van der Waals surface area (Å²) in [5.74, 6) is -1.24. The number of hydrogen-bond acceptors (Lipinski definition) is 10. The second-order valence-corrected chi connectivity index (χ2v) is 12.1. The summed E-state index contributed by atoms with van der Waals surface area (Å²) in [6.45, 7) is 12.3. The second-order valence-electron chi connectivity index (χ2n) is 12.1. The monoisotopic (exact) mass is 602 g/mol. The van der Waals surface area contributed by atoms with Gasteiger partial charge in [-0.1, -0.05) is 52.0 Å². The van der Waals surface area contributed by atoms with E-state index in [4.69, 9.17) is 28.4 Å². The van der Waals surface area contributed by atoms with Crippen molar-refractivity contribution in [2.24, 2.45) is 11.8 Å². The Morgan fingerprint density at radius 3 is 1.35 bits per heavy atom. The lowest BCUT2D eigenvalue weighted by Gasteiger charge is -2.25. The molecule has 3 rings (SSSR count). The molecule has 0 amide bonds. The van der Waals surface area contributed by atoms with Crippen molar-refractivity contribution in [2.45, 2.75) is 85.0 Å². The minimum absolute atomic E-state index is 0.0572. The zero-order valence-corrected chi connectivity index (χ0v) is 26.0. The average Bonchev–Trinajstić information content (AvgIpc) is 3.30. The van der Waals surface area contributed by atoms with Crippen LogP contribution in [-0.2, 0) is 41.6 Å². The normalized spacial score (nSPS) is 19.4. The van der Waals surface area contributed by atoms with Gasteiger partial charge in [-0.15, -0.1) is 0 Å². The number of hydrogen-bond donors (Lipinski definition) is 2. The molecule has 2 aromatic carbocycles. The van der Waals surface area contributed by atoms with E-state index >= 15 is 0 Å². The molecule has 0 saturated carbocycles. The van der Waals surface area contributed by atoms with Gasteiger partial charge < -0.3 is 38.6 Å². The highest BCUT2D eigenvalue weighted by molar-refractivity contribution is 5.89. The fourth-order valence-electron chi connectivity index (χ4n) is 4.32. The molecule has 10 nitrogen and oxygen atoms in total. The number of aliphatic hydroxyl groups excluding tert-OH is 2. The zero-order valence-electron chi connectivity index (χ0n) is 26.0. The molecular formula is C33H46O10. The molecule has 0 spiro atoms. The second kappa shape index (κ2) is 16.3. The largest absolute Gasteiger partial charge is 0.462 e. The first-order valence-corrected chi connectivity index (χ1v) is 14.7. The molecule has 1 aliphatic rings. The number of aliphatic hydroxyl groups is 2. The highest BCUT2D eigenvalue weighted by Gasteiger charge is 2.48. The van der Waals surface area contributed by atoms with Gasteiger partial charge in [0.15, 0.2) is 5.79 Å². The summed E-state index contributed by atoms with van der Waals surface area (Å²) < 4.78 is 33.7. The minimum Gasteiger partial charge on any atom is -0.462 e. The molecule has 1 fully saturated rings. The highest BCUT2D eigenvalue weighted by atomic mass is 16.8. The Balaban J connectivity index is 1.45. The first kappa shape index (κ1) is 34.6. The molecule has 0 radical (unpaired) electrons. The van der Waals surface area contributed by atoms with E-state index in [0.29, 0.717) is 24.3 Å². The van der Waals surface area contributed by atoms with Crippen LogP contribution in [0.4, 0.5) is 0 Å². The first-order valence-electron chi connectivity index (χ1n) is 14.7. The molecule has 4 atom stereocenters. The van der Waals surface area contributed by atoms with Crippen LogP contribution in [-0.4, -0.2) is 78.8 Å². The Morgan fingerprint density at radius 2 is 1.02 bits per heavy atom. The fraction of sp³-hybridized carbons (Fsp3) is 0.576. The molecule has 10 heteroatoms. The van der Waals surface area contributed by atoms with Crippen LogP contribution in [0, 0.1) is 11.8 Å². The number of benzene rings is 2. The van der Waals surface area contributed by atoms with Crippen molar-refractivity contribution in [3.05, 3.63) is 70.8 Å². The maximum Gasteiger partial charge on any atom is 0.338 e. The van der Waals surface area contributed by atoms with Crippen molar-refractivity contribution in [1.29, 1.82) is 0 Å². The van der Waals surface area contributed by atoms with Gasteiger partial charge in [0.05, 0.1) is 50.8 Å². The molecule has 1 aliphatic heterocycles. The molecule has 1 saturated heterocycles. The number of esters is 2. The summed E-state index contributed by atoms with van der Waals surface area (Å²) in [6.07, 6.45) is -3.84. The Hall–Kier alpha value is -2.86. The third kappa shape index (κ3) is 11.3. The van der Waals surface area contributed by atoms with Crippen LogP contribution in [0.1, 0.15) is 73.4 Å². The quantitative estimate of drug-likeness (QED) is 0.269. The maximum absolute atomic E-state index is 12.1. The van der Waals surface area contributed by atoms with Crippen molar-refractivity contribution in [3.8, 4) is 0 Å². The molecule has 1 heterocycles. The lowest BCUT2D eigenvalue weighted by atomic mass is 10.0. The van der Waals surface area contributed by atoms with Crippen molar-refractivity contribution >= 4 is 11.9 Å². The standard InChI is InChI=1S/C33H46O10/c1-21(2)15-40-31(36)25-11-7-23(8-12-25)17-38-19-27(34)29-30(43-33(5,6)42-29)28(35)20-39-18-24-9-13-26(14-10-24)32(37)41-16-22(3)4/h7-14,21-22,27-30,34-35H,15-20H2,1-6H3/t27-,28-,29-,30-/m1/s1. The highest BCUT2D eigenvalue weighted by Crippen LogP contribution is 2.32. The lowest BCUT2D eigenvalue weighted by molar-refractivity contribution is -0.165. The van der Waals surface area contributed by atoms with E-state index in [9.17, 15) is 19.8 Å². The zero-order chi connectivity index (χ0) is 31.6. The predicted octanol–water partition coefficient (Wildman–Crippen LogP) is 4.29. The van der Waals surface area contributed by atoms with E-state index < -0.39 is 30.2 Å². The summed E-state index contributed by atoms with van der Waals surface area (Å²) in [7, 11) is 0. The molecule has 0 aliphatic carbocycles. The van der Waals surface area contributed by atoms with Gasteiger partial charge in [0.1, 0.15) is 24.4 Å². The van der Waals surface area contributed by atoms with E-state index in [1.165, 1.54) is 0 Å². The molecule has 0 aromatic heterocycles. The Labute approximate surface area is 254 Å². The van der Waals surface area contributed by atoms with Crippen molar-refractivity contribution in [3.63, 3.8) is 0 Å². The molecule has 0 bridgehead atoms. The summed E-state index contributed by atoms with van der Waals surface area (Å²) in [4.78, 5) is 24.2. The smallest absolute Gasteiger partial charge is 0.338 e. The van der Waals surface area contributed by atoms with E-state index in [2.05, 4.69) is 0 Å².